The molecule has 31 heavy (non-hydrogen) atoms. The van der Waals surface area contributed by atoms with Crippen LogP contribution in [0.15, 0.2) is 69.9 Å². The number of anilines is 1. The molecule has 1 N–H and O–H groups in total. The minimum atomic E-state index is -0.754. The van der Waals surface area contributed by atoms with Crippen LogP contribution in [0.2, 0.25) is 5.02 Å². The van der Waals surface area contributed by atoms with Crippen LogP contribution in [0.1, 0.15) is 38.9 Å². The van der Waals surface area contributed by atoms with E-state index in [1.54, 1.807) is 60.7 Å². The zero-order valence-corrected chi connectivity index (χ0v) is 17.6. The number of hydrogen-bond donors (Lipinski definition) is 1. The quantitative estimate of drug-likeness (QED) is 0.453. The van der Waals surface area contributed by atoms with Crippen molar-refractivity contribution < 1.29 is 14.3 Å². The summed E-state index contributed by atoms with van der Waals surface area (Å²) in [5.41, 5.74) is 3.44. The molecule has 0 spiro atoms. The highest BCUT2D eigenvalue weighted by molar-refractivity contribution is 6.31. The number of benzene rings is 3. The minimum absolute atomic E-state index is 0.00840. The van der Waals surface area contributed by atoms with Gasteiger partial charge in [-0.05, 0) is 73.0 Å². The SMILES string of the molecule is Cc1cc2oc3c(c(=O)c2cc1C)C(c1cccc(O)c1)N(c1cccc(Cl)c1)C3=O. The number of phenolic OH excluding ortho intramolecular Hbond substituents is 1. The number of amides is 1. The molecular formula is C25H18ClNO4. The van der Waals surface area contributed by atoms with Crippen molar-refractivity contribution in [1.29, 1.82) is 0 Å². The lowest BCUT2D eigenvalue weighted by Crippen LogP contribution is -2.29. The van der Waals surface area contributed by atoms with Gasteiger partial charge in [-0.1, -0.05) is 29.8 Å². The van der Waals surface area contributed by atoms with Gasteiger partial charge in [-0.2, -0.15) is 0 Å². The molecule has 1 amide bonds. The summed E-state index contributed by atoms with van der Waals surface area (Å²) >= 11 is 6.19. The molecule has 6 heteroatoms. The number of aryl methyl sites for hydroxylation is 2. The number of rotatable bonds is 2. The minimum Gasteiger partial charge on any atom is -0.508 e. The molecule has 5 nitrogen and oxygen atoms in total. The van der Waals surface area contributed by atoms with E-state index in [0.29, 0.717) is 27.2 Å². The van der Waals surface area contributed by atoms with Crippen LogP contribution in [0, 0.1) is 13.8 Å². The van der Waals surface area contributed by atoms with Crippen LogP contribution in [0.3, 0.4) is 0 Å². The van der Waals surface area contributed by atoms with E-state index in [-0.39, 0.29) is 22.5 Å². The lowest BCUT2D eigenvalue weighted by atomic mass is 9.97. The van der Waals surface area contributed by atoms with Crippen molar-refractivity contribution >= 4 is 34.2 Å². The Hall–Kier alpha value is -3.57. The maximum absolute atomic E-state index is 13.6. The predicted molar refractivity (Wildman–Crippen MR) is 120 cm³/mol. The molecule has 1 atom stereocenters. The van der Waals surface area contributed by atoms with Gasteiger partial charge in [0.15, 0.2) is 5.43 Å². The third kappa shape index (κ3) is 3.01. The van der Waals surface area contributed by atoms with Crippen LogP contribution >= 0.6 is 11.6 Å². The van der Waals surface area contributed by atoms with E-state index in [1.165, 1.54) is 4.90 Å². The third-order valence-electron chi connectivity index (χ3n) is 5.76. The first kappa shape index (κ1) is 19.4. The Morgan fingerprint density at radius 3 is 2.45 bits per heavy atom. The first-order valence-corrected chi connectivity index (χ1v) is 10.2. The van der Waals surface area contributed by atoms with E-state index >= 15 is 0 Å². The molecule has 0 bridgehead atoms. The van der Waals surface area contributed by atoms with Crippen LogP contribution in [0.25, 0.3) is 11.0 Å². The largest absolute Gasteiger partial charge is 0.508 e. The second-order valence-corrected chi connectivity index (χ2v) is 8.20. The predicted octanol–water partition coefficient (Wildman–Crippen LogP) is 5.52. The van der Waals surface area contributed by atoms with Gasteiger partial charge in [0.25, 0.3) is 5.91 Å². The van der Waals surface area contributed by atoms with E-state index in [0.717, 1.165) is 11.1 Å². The zero-order valence-electron chi connectivity index (χ0n) is 16.8. The molecule has 3 aromatic carbocycles. The Kier molecular flexibility index (Phi) is 4.38. The maximum Gasteiger partial charge on any atom is 0.295 e. The van der Waals surface area contributed by atoms with Gasteiger partial charge in [0, 0.05) is 10.7 Å². The molecule has 154 valence electrons. The third-order valence-corrected chi connectivity index (χ3v) is 5.99. The summed E-state index contributed by atoms with van der Waals surface area (Å²) < 4.78 is 6.01. The number of phenols is 1. The molecule has 1 aliphatic rings. The van der Waals surface area contributed by atoms with Crippen molar-refractivity contribution in [2.45, 2.75) is 19.9 Å². The summed E-state index contributed by atoms with van der Waals surface area (Å²) in [6.45, 7) is 3.86. The molecule has 1 aromatic heterocycles. The highest BCUT2D eigenvalue weighted by Gasteiger charge is 2.43. The Labute approximate surface area is 183 Å². The Bertz CT molecular complexity index is 1440. The normalized spacial score (nSPS) is 15.5. The van der Waals surface area contributed by atoms with E-state index in [4.69, 9.17) is 16.0 Å². The molecule has 1 unspecified atom stereocenters. The van der Waals surface area contributed by atoms with E-state index in [9.17, 15) is 14.7 Å². The first-order chi connectivity index (χ1) is 14.8. The molecular weight excluding hydrogens is 414 g/mol. The number of nitrogens with zero attached hydrogens (tertiary/aromatic N) is 1. The maximum atomic E-state index is 13.6. The van der Waals surface area contributed by atoms with E-state index in [1.807, 2.05) is 13.8 Å². The van der Waals surface area contributed by atoms with Gasteiger partial charge in [-0.25, -0.2) is 0 Å². The number of hydrogen-bond acceptors (Lipinski definition) is 4. The van der Waals surface area contributed by atoms with Gasteiger partial charge in [0.2, 0.25) is 5.76 Å². The number of aromatic hydroxyl groups is 1. The molecule has 0 aliphatic carbocycles. The van der Waals surface area contributed by atoms with Gasteiger partial charge < -0.3 is 9.52 Å². The van der Waals surface area contributed by atoms with Crippen molar-refractivity contribution in [3.8, 4) is 5.75 Å². The highest BCUT2D eigenvalue weighted by atomic mass is 35.5. The summed E-state index contributed by atoms with van der Waals surface area (Å²) in [5, 5.41) is 11.0. The Balaban J connectivity index is 1.85. The molecule has 5 rings (SSSR count). The van der Waals surface area contributed by atoms with Crippen molar-refractivity contribution in [1.82, 2.24) is 0 Å². The standard InChI is InChI=1S/C25H18ClNO4/c1-13-9-19-20(10-14(13)2)31-24-21(23(19)29)22(15-5-3-8-18(28)11-15)27(25(24)30)17-7-4-6-16(26)12-17/h3-12,22,28H,1-2H3. The summed E-state index contributed by atoms with van der Waals surface area (Å²) in [5.74, 6) is -0.377. The molecule has 0 saturated carbocycles. The Morgan fingerprint density at radius 2 is 1.71 bits per heavy atom. The van der Waals surface area contributed by atoms with Gasteiger partial charge in [0.05, 0.1) is 17.0 Å². The zero-order chi connectivity index (χ0) is 21.9. The molecule has 0 saturated heterocycles. The monoisotopic (exact) mass is 431 g/mol. The van der Waals surface area contributed by atoms with Crippen LogP contribution in [-0.4, -0.2) is 11.0 Å². The lowest BCUT2D eigenvalue weighted by Gasteiger charge is -2.25. The fraction of sp³-hybridized carbons (Fsp3) is 0.120. The van der Waals surface area contributed by atoms with Gasteiger partial charge in [0.1, 0.15) is 11.3 Å². The fourth-order valence-corrected chi connectivity index (χ4v) is 4.32. The average Bonchev–Trinajstić information content (AvgIpc) is 3.02. The van der Waals surface area contributed by atoms with Crippen molar-refractivity contribution in [2.24, 2.45) is 0 Å². The number of carbonyl (C=O) groups excluding carboxylic acids is 1. The van der Waals surface area contributed by atoms with Gasteiger partial charge >= 0.3 is 0 Å². The highest BCUT2D eigenvalue weighted by Crippen LogP contribution is 2.42. The summed E-state index contributed by atoms with van der Waals surface area (Å²) in [7, 11) is 0. The number of halogens is 1. The van der Waals surface area contributed by atoms with Crippen LogP contribution < -0.4 is 10.3 Å². The lowest BCUT2D eigenvalue weighted by molar-refractivity contribution is 0.0971. The molecule has 1 aliphatic heterocycles. The van der Waals surface area contributed by atoms with Crippen molar-refractivity contribution in [3.63, 3.8) is 0 Å². The van der Waals surface area contributed by atoms with Crippen LogP contribution in [-0.2, 0) is 0 Å². The summed E-state index contributed by atoms with van der Waals surface area (Å²) in [6.07, 6.45) is 0. The summed E-state index contributed by atoms with van der Waals surface area (Å²) in [6, 6.07) is 16.2. The van der Waals surface area contributed by atoms with Crippen LogP contribution in [0.4, 0.5) is 5.69 Å². The number of fused-ring (bicyclic) bond motifs is 2. The molecule has 0 radical (unpaired) electrons. The van der Waals surface area contributed by atoms with Crippen LogP contribution in [0.5, 0.6) is 5.75 Å². The summed E-state index contributed by atoms with van der Waals surface area (Å²) in [4.78, 5) is 28.6. The van der Waals surface area contributed by atoms with E-state index in [2.05, 4.69) is 0 Å². The smallest absolute Gasteiger partial charge is 0.295 e. The van der Waals surface area contributed by atoms with Gasteiger partial charge in [-0.15, -0.1) is 0 Å². The topological polar surface area (TPSA) is 70.8 Å². The second kappa shape index (κ2) is 7.00. The number of carbonyl (C=O) groups is 1. The average molecular weight is 432 g/mol. The van der Waals surface area contributed by atoms with Gasteiger partial charge in [-0.3, -0.25) is 14.5 Å². The molecule has 4 aromatic rings. The van der Waals surface area contributed by atoms with Crippen molar-refractivity contribution in [3.05, 3.63) is 104 Å². The fourth-order valence-electron chi connectivity index (χ4n) is 4.13. The molecule has 2 heterocycles. The first-order valence-electron chi connectivity index (χ1n) is 9.81. The second-order valence-electron chi connectivity index (χ2n) is 7.76. The van der Waals surface area contributed by atoms with E-state index < -0.39 is 11.9 Å². The van der Waals surface area contributed by atoms with Crippen molar-refractivity contribution in [2.75, 3.05) is 4.90 Å². The molecule has 0 fully saturated rings. The Morgan fingerprint density at radius 1 is 0.968 bits per heavy atom.